The van der Waals surface area contributed by atoms with E-state index < -0.39 is 5.97 Å². The molecule has 0 saturated heterocycles. The van der Waals surface area contributed by atoms with Crippen molar-refractivity contribution >= 4 is 28.9 Å². The molecule has 0 atom stereocenters. The Morgan fingerprint density at radius 3 is 2.61 bits per heavy atom. The number of aromatic carboxylic acids is 1. The van der Waals surface area contributed by atoms with Crippen LogP contribution in [-0.4, -0.2) is 16.1 Å². The first-order valence-electron chi connectivity index (χ1n) is 5.60. The third-order valence-electron chi connectivity index (χ3n) is 2.47. The summed E-state index contributed by atoms with van der Waals surface area (Å²) in [5, 5.41) is 10.5. The van der Waals surface area contributed by atoms with E-state index in [1.807, 2.05) is 19.1 Å². The maximum Gasteiger partial charge on any atom is 0.347 e. The second-order valence-corrected chi connectivity index (χ2v) is 5.29. The first-order valence-corrected chi connectivity index (χ1v) is 6.80. The number of thiazole rings is 1. The molecule has 0 radical (unpaired) electrons. The van der Waals surface area contributed by atoms with Gasteiger partial charge in [0.1, 0.15) is 9.88 Å². The minimum Gasteiger partial charge on any atom is -0.477 e. The maximum atomic E-state index is 11.1. The number of aryl methyl sites for hydroxylation is 1. The lowest BCUT2D eigenvalue weighted by Gasteiger charge is -1.95. The van der Waals surface area contributed by atoms with Crippen LogP contribution in [0.3, 0.4) is 0 Å². The largest absolute Gasteiger partial charge is 0.477 e. The molecule has 2 aromatic rings. The number of hydrogen-bond donors (Lipinski definition) is 1. The highest BCUT2D eigenvalue weighted by Crippen LogP contribution is 2.29. The predicted octanol–water partition coefficient (Wildman–Crippen LogP) is 4.11. The zero-order valence-electron chi connectivity index (χ0n) is 9.81. The number of aromatic nitrogens is 1. The number of nitrogens with zero attached hydrogens (tertiary/aromatic N) is 1. The second kappa shape index (κ2) is 5.50. The summed E-state index contributed by atoms with van der Waals surface area (Å²) in [6, 6.07) is 7.25. The monoisotopic (exact) mass is 281 g/mol. The number of hydrogen-bond acceptors (Lipinski definition) is 3. The fraction of sp³-hybridized carbons (Fsp3) is 0.231. The molecule has 94 valence electrons. The highest BCUT2D eigenvalue weighted by Gasteiger charge is 2.17. The van der Waals surface area contributed by atoms with E-state index in [9.17, 15) is 4.79 Å². The molecular weight excluding hydrogens is 270 g/mol. The van der Waals surface area contributed by atoms with Crippen molar-refractivity contribution in [2.45, 2.75) is 19.8 Å². The van der Waals surface area contributed by atoms with Crippen LogP contribution in [0.15, 0.2) is 24.3 Å². The lowest BCUT2D eigenvalue weighted by molar-refractivity contribution is 0.0700. The van der Waals surface area contributed by atoms with E-state index in [1.54, 1.807) is 12.1 Å². The third-order valence-corrected chi connectivity index (χ3v) is 3.86. The zero-order chi connectivity index (χ0) is 13.1. The van der Waals surface area contributed by atoms with Crippen molar-refractivity contribution in [3.8, 4) is 10.6 Å². The van der Waals surface area contributed by atoms with Crippen LogP contribution in [0.4, 0.5) is 0 Å². The molecule has 0 saturated carbocycles. The van der Waals surface area contributed by atoms with Crippen LogP contribution in [-0.2, 0) is 6.42 Å². The molecule has 0 aliphatic heterocycles. The Morgan fingerprint density at radius 2 is 2.06 bits per heavy atom. The molecule has 1 aromatic heterocycles. The van der Waals surface area contributed by atoms with Gasteiger partial charge >= 0.3 is 5.97 Å². The minimum atomic E-state index is -0.906. The Morgan fingerprint density at radius 1 is 1.39 bits per heavy atom. The molecule has 0 bridgehead atoms. The molecule has 0 fully saturated rings. The van der Waals surface area contributed by atoms with Gasteiger partial charge in [0.05, 0.1) is 5.69 Å². The van der Waals surface area contributed by atoms with Crippen molar-refractivity contribution in [1.29, 1.82) is 0 Å². The quantitative estimate of drug-likeness (QED) is 0.917. The highest BCUT2D eigenvalue weighted by molar-refractivity contribution is 7.17. The Bertz CT molecular complexity index is 563. The Labute approximate surface area is 114 Å². The molecule has 0 aliphatic rings. The average molecular weight is 282 g/mol. The molecule has 0 spiro atoms. The van der Waals surface area contributed by atoms with Crippen molar-refractivity contribution in [3.63, 3.8) is 0 Å². The second-order valence-electron chi connectivity index (χ2n) is 3.86. The Hall–Kier alpha value is -1.39. The summed E-state index contributed by atoms with van der Waals surface area (Å²) in [6.07, 6.45) is 1.57. The molecule has 1 N–H and O–H groups in total. The van der Waals surface area contributed by atoms with Crippen LogP contribution < -0.4 is 0 Å². The molecule has 5 heteroatoms. The molecule has 2 rings (SSSR count). The van der Waals surface area contributed by atoms with Crippen LogP contribution >= 0.6 is 22.9 Å². The molecule has 0 amide bonds. The van der Waals surface area contributed by atoms with E-state index in [2.05, 4.69) is 4.98 Å². The van der Waals surface area contributed by atoms with Gasteiger partial charge in [-0.3, -0.25) is 0 Å². The first kappa shape index (κ1) is 13.1. The van der Waals surface area contributed by atoms with E-state index in [0.29, 0.717) is 22.0 Å². The van der Waals surface area contributed by atoms with Crippen LogP contribution in [0.25, 0.3) is 10.6 Å². The van der Waals surface area contributed by atoms with Crippen LogP contribution in [0, 0.1) is 0 Å². The number of carboxylic acids is 1. The van der Waals surface area contributed by atoms with Crippen LogP contribution in [0.2, 0.25) is 5.02 Å². The van der Waals surface area contributed by atoms with E-state index >= 15 is 0 Å². The number of carboxylic acid groups (broad SMARTS) is 1. The lowest BCUT2D eigenvalue weighted by Crippen LogP contribution is -1.98. The third kappa shape index (κ3) is 2.71. The van der Waals surface area contributed by atoms with Crippen molar-refractivity contribution in [1.82, 2.24) is 4.98 Å². The molecule has 1 aromatic carbocycles. The fourth-order valence-electron chi connectivity index (χ4n) is 1.64. The van der Waals surface area contributed by atoms with Gasteiger partial charge in [0.2, 0.25) is 0 Å². The maximum absolute atomic E-state index is 11.1. The van der Waals surface area contributed by atoms with E-state index in [0.717, 1.165) is 17.0 Å². The van der Waals surface area contributed by atoms with Gasteiger partial charge in [0, 0.05) is 10.6 Å². The normalized spacial score (nSPS) is 10.6. The SMILES string of the molecule is CCCc1nc(-c2ccc(Cl)cc2)sc1C(=O)O. The molecule has 3 nitrogen and oxygen atoms in total. The van der Waals surface area contributed by atoms with E-state index in [1.165, 1.54) is 11.3 Å². The van der Waals surface area contributed by atoms with Crippen molar-refractivity contribution < 1.29 is 9.90 Å². The van der Waals surface area contributed by atoms with Gasteiger partial charge in [0.15, 0.2) is 0 Å². The first-order chi connectivity index (χ1) is 8.61. The highest BCUT2D eigenvalue weighted by atomic mass is 35.5. The van der Waals surface area contributed by atoms with Gasteiger partial charge in [-0.2, -0.15) is 0 Å². The molecule has 1 heterocycles. The summed E-state index contributed by atoms with van der Waals surface area (Å²) in [4.78, 5) is 15.9. The van der Waals surface area contributed by atoms with Gasteiger partial charge in [0.25, 0.3) is 0 Å². The molecule has 18 heavy (non-hydrogen) atoms. The summed E-state index contributed by atoms with van der Waals surface area (Å²) in [6.45, 7) is 2.01. The van der Waals surface area contributed by atoms with Gasteiger partial charge in [-0.15, -0.1) is 11.3 Å². The fourth-order valence-corrected chi connectivity index (χ4v) is 2.72. The van der Waals surface area contributed by atoms with Crippen LogP contribution in [0.5, 0.6) is 0 Å². The zero-order valence-corrected chi connectivity index (χ0v) is 11.4. The van der Waals surface area contributed by atoms with Gasteiger partial charge in [-0.25, -0.2) is 9.78 Å². The predicted molar refractivity (Wildman–Crippen MR) is 73.5 cm³/mol. The standard InChI is InChI=1S/C13H12ClNO2S/c1-2-3-10-11(13(16)17)18-12(15-10)8-4-6-9(14)7-5-8/h4-7H,2-3H2,1H3,(H,16,17). The molecule has 0 unspecified atom stereocenters. The summed E-state index contributed by atoms with van der Waals surface area (Å²) in [7, 11) is 0. The number of carbonyl (C=O) groups is 1. The summed E-state index contributed by atoms with van der Waals surface area (Å²) in [5.74, 6) is -0.906. The topological polar surface area (TPSA) is 50.2 Å². The van der Waals surface area contributed by atoms with Crippen LogP contribution in [0.1, 0.15) is 28.7 Å². The average Bonchev–Trinajstić information content (AvgIpc) is 2.75. The van der Waals surface area contributed by atoms with Crippen molar-refractivity contribution in [2.75, 3.05) is 0 Å². The number of benzene rings is 1. The van der Waals surface area contributed by atoms with Crippen molar-refractivity contribution in [3.05, 3.63) is 39.9 Å². The Balaban J connectivity index is 2.42. The van der Waals surface area contributed by atoms with E-state index in [4.69, 9.17) is 16.7 Å². The van der Waals surface area contributed by atoms with Gasteiger partial charge in [-0.1, -0.05) is 37.1 Å². The summed E-state index contributed by atoms with van der Waals surface area (Å²) < 4.78 is 0. The number of halogens is 1. The molecular formula is C13H12ClNO2S. The summed E-state index contributed by atoms with van der Waals surface area (Å²) >= 11 is 7.04. The minimum absolute atomic E-state index is 0.335. The van der Waals surface area contributed by atoms with E-state index in [-0.39, 0.29) is 0 Å². The summed E-state index contributed by atoms with van der Waals surface area (Å²) in [5.41, 5.74) is 1.56. The van der Waals surface area contributed by atoms with Gasteiger partial charge in [-0.05, 0) is 18.6 Å². The van der Waals surface area contributed by atoms with Gasteiger partial charge < -0.3 is 5.11 Å². The lowest BCUT2D eigenvalue weighted by atomic mass is 10.2. The Kier molecular flexibility index (Phi) is 3.99. The number of rotatable bonds is 4. The van der Waals surface area contributed by atoms with Crippen molar-refractivity contribution in [2.24, 2.45) is 0 Å². The smallest absolute Gasteiger partial charge is 0.347 e. The molecule has 0 aliphatic carbocycles.